The summed E-state index contributed by atoms with van der Waals surface area (Å²) in [5.74, 6) is 0.954. The molecule has 1 heterocycles. The molecule has 1 aromatic heterocycles. The number of pyridine rings is 1. The fourth-order valence-corrected chi connectivity index (χ4v) is 3.23. The van der Waals surface area contributed by atoms with Gasteiger partial charge in [0, 0.05) is 18.4 Å². The van der Waals surface area contributed by atoms with Crippen LogP contribution in [0, 0.1) is 0 Å². The first-order valence-electron chi connectivity index (χ1n) is 5.99. The maximum atomic E-state index is 10.6. The van der Waals surface area contributed by atoms with Gasteiger partial charge in [-0.1, -0.05) is 18.9 Å². The Balaban J connectivity index is 2.02. The van der Waals surface area contributed by atoms with Crippen molar-refractivity contribution in [2.24, 2.45) is 0 Å². The van der Waals surface area contributed by atoms with Crippen molar-refractivity contribution in [1.29, 1.82) is 0 Å². The molecule has 0 aliphatic heterocycles. The molecule has 0 saturated heterocycles. The molecule has 1 fully saturated rings. The number of aliphatic hydroxyl groups is 1. The average Bonchev–Trinajstić information content (AvgIpc) is 2.59. The molecular weight excluding hydrogens is 202 g/mol. The molecule has 1 N–H and O–H groups in total. The van der Waals surface area contributed by atoms with Crippen molar-refractivity contribution in [3.8, 4) is 5.88 Å². The van der Waals surface area contributed by atoms with E-state index in [0.717, 1.165) is 25.0 Å². The quantitative estimate of drug-likeness (QED) is 0.786. The van der Waals surface area contributed by atoms with Gasteiger partial charge in [-0.2, -0.15) is 0 Å². The summed E-state index contributed by atoms with van der Waals surface area (Å²) in [5, 5.41) is 10.6. The van der Waals surface area contributed by atoms with Crippen LogP contribution in [0.25, 0.3) is 0 Å². The lowest BCUT2D eigenvalue weighted by atomic mass is 9.76. The van der Waals surface area contributed by atoms with Crippen molar-refractivity contribution in [3.63, 3.8) is 0 Å². The number of methoxy groups -OCH3 is 1. The standard InChI is InChI=1S/C13H17NO2/c1-16-12-6-5-9-10-4-2-3-7-13(10,15)8-11(9)14-12/h5-6,10,15H,2-4,7-8H2,1H3/t10-,13-/m1/s1. The number of aromatic nitrogens is 1. The molecule has 0 unspecified atom stereocenters. The third-order valence-electron chi connectivity index (χ3n) is 4.04. The lowest BCUT2D eigenvalue weighted by Crippen LogP contribution is -2.36. The van der Waals surface area contributed by atoms with Gasteiger partial charge in [0.05, 0.1) is 18.4 Å². The van der Waals surface area contributed by atoms with Crippen molar-refractivity contribution in [1.82, 2.24) is 4.98 Å². The Morgan fingerprint density at radius 3 is 3.12 bits per heavy atom. The molecule has 16 heavy (non-hydrogen) atoms. The van der Waals surface area contributed by atoms with Gasteiger partial charge in [0.25, 0.3) is 0 Å². The number of ether oxygens (including phenoxy) is 1. The third kappa shape index (κ3) is 1.34. The van der Waals surface area contributed by atoms with Crippen molar-refractivity contribution in [2.45, 2.75) is 43.6 Å². The summed E-state index contributed by atoms with van der Waals surface area (Å²) in [5.41, 5.74) is 1.75. The van der Waals surface area contributed by atoms with E-state index in [1.54, 1.807) is 7.11 Å². The maximum absolute atomic E-state index is 10.6. The minimum atomic E-state index is -0.528. The molecule has 0 aromatic carbocycles. The molecule has 86 valence electrons. The average molecular weight is 219 g/mol. The zero-order valence-corrected chi connectivity index (χ0v) is 9.57. The van der Waals surface area contributed by atoms with E-state index in [-0.39, 0.29) is 0 Å². The van der Waals surface area contributed by atoms with Crippen LogP contribution in [0.5, 0.6) is 5.88 Å². The van der Waals surface area contributed by atoms with Gasteiger partial charge in [-0.15, -0.1) is 0 Å². The predicted octanol–water partition coefficient (Wildman–Crippen LogP) is 2.04. The highest BCUT2D eigenvalue weighted by Gasteiger charge is 2.46. The Bertz CT molecular complexity index is 418. The number of nitrogens with zero attached hydrogens (tertiary/aromatic N) is 1. The SMILES string of the molecule is COc1ccc2c(n1)C[C@]1(O)CCCC[C@H]21. The van der Waals surface area contributed by atoms with E-state index in [9.17, 15) is 5.11 Å². The fourth-order valence-electron chi connectivity index (χ4n) is 3.23. The minimum Gasteiger partial charge on any atom is -0.481 e. The third-order valence-corrected chi connectivity index (χ3v) is 4.04. The van der Waals surface area contributed by atoms with E-state index >= 15 is 0 Å². The number of fused-ring (bicyclic) bond motifs is 3. The second-order valence-electron chi connectivity index (χ2n) is 4.97. The van der Waals surface area contributed by atoms with Crippen LogP contribution in [0.2, 0.25) is 0 Å². The minimum absolute atomic E-state index is 0.301. The highest BCUT2D eigenvalue weighted by atomic mass is 16.5. The predicted molar refractivity (Wildman–Crippen MR) is 60.7 cm³/mol. The Morgan fingerprint density at radius 1 is 1.44 bits per heavy atom. The van der Waals surface area contributed by atoms with E-state index in [1.165, 1.54) is 12.0 Å². The van der Waals surface area contributed by atoms with Crippen LogP contribution in [-0.2, 0) is 6.42 Å². The monoisotopic (exact) mass is 219 g/mol. The molecule has 2 atom stereocenters. The second kappa shape index (κ2) is 3.45. The normalized spacial score (nSPS) is 32.0. The summed E-state index contributed by atoms with van der Waals surface area (Å²) < 4.78 is 5.13. The summed E-state index contributed by atoms with van der Waals surface area (Å²) in [6.45, 7) is 0. The lowest BCUT2D eigenvalue weighted by molar-refractivity contribution is -0.00522. The Hall–Kier alpha value is -1.09. The Kier molecular flexibility index (Phi) is 2.18. The van der Waals surface area contributed by atoms with Gasteiger partial charge in [-0.05, 0) is 18.4 Å². The van der Waals surface area contributed by atoms with Gasteiger partial charge in [-0.3, -0.25) is 0 Å². The maximum Gasteiger partial charge on any atom is 0.213 e. The lowest BCUT2D eigenvalue weighted by Gasteiger charge is -2.34. The smallest absolute Gasteiger partial charge is 0.213 e. The number of rotatable bonds is 1. The summed E-state index contributed by atoms with van der Waals surface area (Å²) in [4.78, 5) is 4.46. The molecule has 2 aliphatic carbocycles. The molecule has 1 saturated carbocycles. The van der Waals surface area contributed by atoms with Crippen LogP contribution < -0.4 is 4.74 Å². The van der Waals surface area contributed by atoms with Crippen LogP contribution >= 0.6 is 0 Å². The molecule has 0 amide bonds. The van der Waals surface area contributed by atoms with Gasteiger partial charge >= 0.3 is 0 Å². The van der Waals surface area contributed by atoms with Gasteiger partial charge in [0.15, 0.2) is 0 Å². The fraction of sp³-hybridized carbons (Fsp3) is 0.615. The topological polar surface area (TPSA) is 42.4 Å². The van der Waals surface area contributed by atoms with E-state index in [1.807, 2.05) is 6.07 Å². The van der Waals surface area contributed by atoms with Crippen molar-refractivity contribution in [3.05, 3.63) is 23.4 Å². The van der Waals surface area contributed by atoms with Gasteiger partial charge in [0.1, 0.15) is 0 Å². The van der Waals surface area contributed by atoms with Crippen molar-refractivity contribution >= 4 is 0 Å². The number of hydrogen-bond donors (Lipinski definition) is 1. The van der Waals surface area contributed by atoms with E-state index in [4.69, 9.17) is 4.74 Å². The summed E-state index contributed by atoms with van der Waals surface area (Å²) >= 11 is 0. The molecule has 0 bridgehead atoms. The van der Waals surface area contributed by atoms with Crippen LogP contribution in [0.4, 0.5) is 0 Å². The largest absolute Gasteiger partial charge is 0.481 e. The van der Waals surface area contributed by atoms with Gasteiger partial charge < -0.3 is 9.84 Å². The van der Waals surface area contributed by atoms with E-state index < -0.39 is 5.60 Å². The highest BCUT2D eigenvalue weighted by Crippen LogP contribution is 2.49. The molecule has 1 aromatic rings. The Morgan fingerprint density at radius 2 is 2.31 bits per heavy atom. The highest BCUT2D eigenvalue weighted by molar-refractivity contribution is 5.38. The van der Waals surface area contributed by atoms with Crippen LogP contribution in [-0.4, -0.2) is 22.8 Å². The van der Waals surface area contributed by atoms with Crippen LogP contribution in [0.15, 0.2) is 12.1 Å². The van der Waals surface area contributed by atoms with Gasteiger partial charge in [-0.25, -0.2) is 4.98 Å². The number of hydrogen-bond acceptors (Lipinski definition) is 3. The zero-order chi connectivity index (χ0) is 11.2. The first kappa shape index (κ1) is 10.1. The van der Waals surface area contributed by atoms with E-state index in [0.29, 0.717) is 18.2 Å². The molecule has 3 nitrogen and oxygen atoms in total. The molecule has 2 aliphatic rings. The first-order valence-corrected chi connectivity index (χ1v) is 5.99. The molecule has 0 radical (unpaired) electrons. The van der Waals surface area contributed by atoms with Crippen molar-refractivity contribution in [2.75, 3.05) is 7.11 Å². The van der Waals surface area contributed by atoms with Crippen LogP contribution in [0.1, 0.15) is 42.9 Å². The van der Waals surface area contributed by atoms with Crippen molar-refractivity contribution < 1.29 is 9.84 Å². The molecule has 3 rings (SSSR count). The molecule has 0 spiro atoms. The first-order chi connectivity index (χ1) is 7.73. The molecule has 3 heteroatoms. The molecular formula is C13H17NO2. The summed E-state index contributed by atoms with van der Waals surface area (Å²) in [6.07, 6.45) is 5.06. The van der Waals surface area contributed by atoms with Crippen LogP contribution in [0.3, 0.4) is 0 Å². The summed E-state index contributed by atoms with van der Waals surface area (Å²) in [7, 11) is 1.63. The van der Waals surface area contributed by atoms with E-state index in [2.05, 4.69) is 11.1 Å². The zero-order valence-electron chi connectivity index (χ0n) is 9.57. The summed E-state index contributed by atoms with van der Waals surface area (Å²) in [6, 6.07) is 3.98. The van der Waals surface area contributed by atoms with Gasteiger partial charge in [0.2, 0.25) is 5.88 Å². The Labute approximate surface area is 95.5 Å². The second-order valence-corrected chi connectivity index (χ2v) is 4.97.